The van der Waals surface area contributed by atoms with Crippen molar-refractivity contribution in [3.63, 3.8) is 0 Å². The fraction of sp³-hybridized carbons (Fsp3) is 0.400. The zero-order chi connectivity index (χ0) is 26.2. The number of benzene rings is 2. The Bertz CT molecular complexity index is 1170. The first-order chi connectivity index (χ1) is 17.9. The molecule has 0 aliphatic carbocycles. The van der Waals surface area contributed by atoms with Gasteiger partial charge in [0.2, 0.25) is 12.7 Å². The van der Waals surface area contributed by atoms with Crippen LogP contribution in [0.15, 0.2) is 60.0 Å². The summed E-state index contributed by atoms with van der Waals surface area (Å²) >= 11 is 1.62. The predicted octanol–water partition coefficient (Wildman–Crippen LogP) is 6.29. The Balaban J connectivity index is 1.48. The van der Waals surface area contributed by atoms with Gasteiger partial charge in [-0.3, -0.25) is 9.59 Å². The standard InChI is InChI=1S/C30H36N2O4S/c1-4-5-6-8-23-10-13-25(14-11-23)30(34)32(22(2)3)20-29(33)31(19-26-9-7-16-37-26)18-24-12-15-27-28(17-24)36-21-35-27/h7,9-17,22H,4-6,8,18-21H2,1-3H3. The average molecular weight is 521 g/mol. The van der Waals surface area contributed by atoms with E-state index in [1.807, 2.05) is 78.7 Å². The van der Waals surface area contributed by atoms with Crippen LogP contribution in [0, 0.1) is 0 Å². The molecule has 0 bridgehead atoms. The third-order valence-electron chi connectivity index (χ3n) is 6.55. The van der Waals surface area contributed by atoms with Crippen molar-refractivity contribution in [1.82, 2.24) is 9.80 Å². The van der Waals surface area contributed by atoms with Gasteiger partial charge in [0.1, 0.15) is 6.54 Å². The molecule has 0 atom stereocenters. The fourth-order valence-corrected chi connectivity index (χ4v) is 5.10. The molecule has 1 aromatic heterocycles. The molecule has 2 aromatic carbocycles. The number of amides is 2. The summed E-state index contributed by atoms with van der Waals surface area (Å²) in [4.78, 5) is 31.6. The number of nitrogens with zero attached hydrogens (tertiary/aromatic N) is 2. The number of thiophene rings is 1. The number of aryl methyl sites for hydroxylation is 1. The predicted molar refractivity (Wildman–Crippen MR) is 147 cm³/mol. The molecule has 2 amide bonds. The van der Waals surface area contributed by atoms with Gasteiger partial charge >= 0.3 is 0 Å². The zero-order valence-electron chi connectivity index (χ0n) is 21.9. The van der Waals surface area contributed by atoms with Crippen molar-refractivity contribution in [3.8, 4) is 11.5 Å². The Labute approximate surface area is 223 Å². The van der Waals surface area contributed by atoms with E-state index < -0.39 is 0 Å². The Kier molecular flexibility index (Phi) is 9.23. The number of hydrogen-bond donors (Lipinski definition) is 0. The van der Waals surface area contributed by atoms with Gasteiger partial charge in [-0.15, -0.1) is 11.3 Å². The largest absolute Gasteiger partial charge is 0.454 e. The van der Waals surface area contributed by atoms with Crippen molar-refractivity contribution >= 4 is 23.2 Å². The minimum atomic E-state index is -0.123. The van der Waals surface area contributed by atoms with Crippen molar-refractivity contribution in [1.29, 1.82) is 0 Å². The summed E-state index contributed by atoms with van der Waals surface area (Å²) in [5, 5.41) is 2.01. The van der Waals surface area contributed by atoms with Gasteiger partial charge < -0.3 is 19.3 Å². The lowest BCUT2D eigenvalue weighted by molar-refractivity contribution is -0.133. The van der Waals surface area contributed by atoms with Gasteiger partial charge in [-0.1, -0.05) is 44.0 Å². The van der Waals surface area contributed by atoms with Crippen molar-refractivity contribution in [2.24, 2.45) is 0 Å². The molecule has 1 aliphatic heterocycles. The van der Waals surface area contributed by atoms with E-state index >= 15 is 0 Å². The summed E-state index contributed by atoms with van der Waals surface area (Å²) < 4.78 is 10.9. The first kappa shape index (κ1) is 26.7. The second-order valence-electron chi connectivity index (χ2n) is 9.70. The third kappa shape index (κ3) is 7.13. The van der Waals surface area contributed by atoms with Gasteiger partial charge in [0.25, 0.3) is 5.91 Å². The van der Waals surface area contributed by atoms with Gasteiger partial charge in [-0.25, -0.2) is 0 Å². The molecule has 7 heteroatoms. The van der Waals surface area contributed by atoms with E-state index in [9.17, 15) is 9.59 Å². The molecular weight excluding hydrogens is 484 g/mol. The molecule has 0 fully saturated rings. The van der Waals surface area contributed by atoms with E-state index in [1.165, 1.54) is 18.4 Å². The van der Waals surface area contributed by atoms with Crippen molar-refractivity contribution in [2.45, 2.75) is 65.6 Å². The van der Waals surface area contributed by atoms with Crippen LogP contribution in [-0.4, -0.2) is 41.0 Å². The summed E-state index contributed by atoms with van der Waals surface area (Å²) in [6.07, 6.45) is 4.57. The Morgan fingerprint density at radius 2 is 1.70 bits per heavy atom. The number of carbonyl (C=O) groups excluding carboxylic acids is 2. The van der Waals surface area contributed by atoms with Gasteiger partial charge in [-0.2, -0.15) is 0 Å². The third-order valence-corrected chi connectivity index (χ3v) is 7.41. The van der Waals surface area contributed by atoms with Crippen LogP contribution in [0.25, 0.3) is 0 Å². The van der Waals surface area contributed by atoms with Crippen LogP contribution in [0.1, 0.15) is 66.4 Å². The molecule has 1 aliphatic rings. The minimum Gasteiger partial charge on any atom is -0.454 e. The first-order valence-corrected chi connectivity index (χ1v) is 13.9. The topological polar surface area (TPSA) is 59.1 Å². The number of fused-ring (bicyclic) bond motifs is 1. The quantitative estimate of drug-likeness (QED) is 0.263. The number of carbonyl (C=O) groups is 2. The minimum absolute atomic E-state index is 0.0185. The number of rotatable bonds is 12. The summed E-state index contributed by atoms with van der Waals surface area (Å²) in [6, 6.07) is 17.5. The number of hydrogen-bond acceptors (Lipinski definition) is 5. The van der Waals surface area contributed by atoms with E-state index in [0.717, 1.165) is 23.3 Å². The molecule has 4 rings (SSSR count). The van der Waals surface area contributed by atoms with E-state index in [-0.39, 0.29) is 31.2 Å². The Morgan fingerprint density at radius 1 is 0.946 bits per heavy atom. The normalized spacial score (nSPS) is 12.1. The van der Waals surface area contributed by atoms with Gasteiger partial charge in [0.15, 0.2) is 11.5 Å². The highest BCUT2D eigenvalue weighted by atomic mass is 32.1. The molecule has 0 radical (unpaired) electrons. The lowest BCUT2D eigenvalue weighted by atomic mass is 10.0. The smallest absolute Gasteiger partial charge is 0.254 e. The summed E-state index contributed by atoms with van der Waals surface area (Å²) in [5.41, 5.74) is 2.81. The van der Waals surface area contributed by atoms with Crippen LogP contribution in [0.3, 0.4) is 0 Å². The SMILES string of the molecule is CCCCCc1ccc(C(=O)N(CC(=O)N(Cc2ccc3c(c2)OCO3)Cc2cccs2)C(C)C)cc1. The van der Waals surface area contributed by atoms with E-state index in [1.54, 1.807) is 16.2 Å². The number of unbranched alkanes of at least 4 members (excludes halogenated alkanes) is 2. The lowest BCUT2D eigenvalue weighted by Gasteiger charge is -2.30. The van der Waals surface area contributed by atoms with Crippen LogP contribution in [0.4, 0.5) is 0 Å². The fourth-order valence-electron chi connectivity index (χ4n) is 4.38. The molecule has 196 valence electrons. The average Bonchev–Trinajstić information content (AvgIpc) is 3.58. The van der Waals surface area contributed by atoms with Gasteiger partial charge in [0.05, 0.1) is 6.54 Å². The maximum absolute atomic E-state index is 13.6. The first-order valence-electron chi connectivity index (χ1n) is 13.0. The zero-order valence-corrected chi connectivity index (χ0v) is 22.8. The van der Waals surface area contributed by atoms with Crippen LogP contribution >= 0.6 is 11.3 Å². The highest BCUT2D eigenvalue weighted by Crippen LogP contribution is 2.33. The van der Waals surface area contributed by atoms with E-state index in [4.69, 9.17) is 9.47 Å². The molecule has 6 nitrogen and oxygen atoms in total. The monoisotopic (exact) mass is 520 g/mol. The summed E-state index contributed by atoms with van der Waals surface area (Å²) in [5.74, 6) is 1.19. The highest BCUT2D eigenvalue weighted by Gasteiger charge is 2.25. The summed E-state index contributed by atoms with van der Waals surface area (Å²) in [6.45, 7) is 7.22. The van der Waals surface area contributed by atoms with Gasteiger partial charge in [-0.05, 0) is 73.5 Å². The second kappa shape index (κ2) is 12.8. The molecule has 0 saturated heterocycles. The molecule has 3 aromatic rings. The van der Waals surface area contributed by atoms with E-state index in [2.05, 4.69) is 6.92 Å². The molecule has 2 heterocycles. The molecule has 0 N–H and O–H groups in total. The van der Waals surface area contributed by atoms with Crippen LogP contribution < -0.4 is 9.47 Å². The lowest BCUT2D eigenvalue weighted by Crippen LogP contribution is -2.45. The highest BCUT2D eigenvalue weighted by molar-refractivity contribution is 7.09. The Morgan fingerprint density at radius 3 is 2.41 bits per heavy atom. The van der Waals surface area contributed by atoms with Crippen LogP contribution in [-0.2, 0) is 24.3 Å². The van der Waals surface area contributed by atoms with Crippen molar-refractivity contribution < 1.29 is 19.1 Å². The molecule has 37 heavy (non-hydrogen) atoms. The maximum Gasteiger partial charge on any atom is 0.254 e. The summed E-state index contributed by atoms with van der Waals surface area (Å²) in [7, 11) is 0. The number of ether oxygens (including phenoxy) is 2. The van der Waals surface area contributed by atoms with Crippen LogP contribution in [0.5, 0.6) is 11.5 Å². The second-order valence-corrected chi connectivity index (χ2v) is 10.7. The molecule has 0 unspecified atom stereocenters. The molecule has 0 spiro atoms. The van der Waals surface area contributed by atoms with Gasteiger partial charge in [0, 0.05) is 23.0 Å². The Hall–Kier alpha value is -3.32. The van der Waals surface area contributed by atoms with Crippen molar-refractivity contribution in [2.75, 3.05) is 13.3 Å². The van der Waals surface area contributed by atoms with Crippen molar-refractivity contribution in [3.05, 3.63) is 81.5 Å². The maximum atomic E-state index is 13.6. The molecule has 0 saturated carbocycles. The van der Waals surface area contributed by atoms with E-state index in [0.29, 0.717) is 30.2 Å². The van der Waals surface area contributed by atoms with Crippen LogP contribution in [0.2, 0.25) is 0 Å². The molecular formula is C30H36N2O4S.